The fraction of sp³-hybridized carbons (Fsp3) is 0.304. The normalized spacial score (nSPS) is 15.0. The van der Waals surface area contributed by atoms with Crippen molar-refractivity contribution in [2.45, 2.75) is 20.4 Å². The molecular weight excluding hydrogens is 366 g/mol. The number of piperazine rings is 1. The third kappa shape index (κ3) is 4.01. The third-order valence-electron chi connectivity index (χ3n) is 5.45. The van der Waals surface area contributed by atoms with Crippen molar-refractivity contribution in [3.05, 3.63) is 76.3 Å². The van der Waals surface area contributed by atoms with Crippen molar-refractivity contribution in [3.8, 4) is 10.6 Å². The second-order valence-corrected chi connectivity index (χ2v) is 8.18. The van der Waals surface area contributed by atoms with Crippen LogP contribution in [0.5, 0.6) is 0 Å². The number of rotatable bonds is 4. The zero-order valence-corrected chi connectivity index (χ0v) is 17.2. The lowest BCUT2D eigenvalue weighted by Gasteiger charge is -2.34. The summed E-state index contributed by atoms with van der Waals surface area (Å²) in [6.45, 7) is 8.23. The summed E-state index contributed by atoms with van der Waals surface area (Å²) >= 11 is 1.69. The first-order chi connectivity index (χ1) is 13.6. The van der Waals surface area contributed by atoms with E-state index >= 15 is 0 Å². The van der Waals surface area contributed by atoms with Crippen molar-refractivity contribution in [1.82, 2.24) is 14.8 Å². The lowest BCUT2D eigenvalue weighted by molar-refractivity contribution is 0.0626. The quantitative estimate of drug-likeness (QED) is 0.662. The van der Waals surface area contributed by atoms with Crippen molar-refractivity contribution >= 4 is 17.2 Å². The monoisotopic (exact) mass is 391 g/mol. The van der Waals surface area contributed by atoms with Crippen LogP contribution in [-0.4, -0.2) is 46.9 Å². The van der Waals surface area contributed by atoms with E-state index in [-0.39, 0.29) is 5.91 Å². The van der Waals surface area contributed by atoms with E-state index < -0.39 is 0 Å². The number of carbonyl (C=O) groups is 1. The fourth-order valence-corrected chi connectivity index (χ4v) is 4.40. The number of aryl methyl sites for hydroxylation is 1. The molecule has 2 heterocycles. The predicted molar refractivity (Wildman–Crippen MR) is 115 cm³/mol. The van der Waals surface area contributed by atoms with E-state index in [2.05, 4.69) is 35.4 Å². The van der Waals surface area contributed by atoms with Crippen LogP contribution in [0.1, 0.15) is 27.2 Å². The minimum absolute atomic E-state index is 0.154. The lowest BCUT2D eigenvalue weighted by Crippen LogP contribution is -2.48. The summed E-state index contributed by atoms with van der Waals surface area (Å²) in [7, 11) is 0. The molecule has 1 aromatic heterocycles. The van der Waals surface area contributed by atoms with Crippen LogP contribution in [-0.2, 0) is 6.54 Å². The van der Waals surface area contributed by atoms with Gasteiger partial charge in [0.05, 0.1) is 5.69 Å². The van der Waals surface area contributed by atoms with Crippen LogP contribution in [0, 0.1) is 13.8 Å². The SMILES string of the molecule is Cc1cccc(C(=O)N2CCN(Cc3csc(-c4ccccc4)n3)CC2)c1C. The van der Waals surface area contributed by atoms with Crippen LogP contribution in [0.4, 0.5) is 0 Å². The average Bonchev–Trinajstić information content (AvgIpc) is 3.19. The molecule has 1 fully saturated rings. The van der Waals surface area contributed by atoms with Gasteiger partial charge in [-0.25, -0.2) is 4.98 Å². The molecule has 0 saturated carbocycles. The summed E-state index contributed by atoms with van der Waals surface area (Å²) in [5.41, 5.74) is 5.37. The fourth-order valence-electron chi connectivity index (χ4n) is 3.58. The molecule has 0 spiro atoms. The Morgan fingerprint density at radius 1 is 1.00 bits per heavy atom. The Bertz CT molecular complexity index is 959. The lowest BCUT2D eigenvalue weighted by atomic mass is 10.0. The molecule has 144 valence electrons. The van der Waals surface area contributed by atoms with Crippen molar-refractivity contribution in [1.29, 1.82) is 0 Å². The van der Waals surface area contributed by atoms with Gasteiger partial charge in [0.1, 0.15) is 5.01 Å². The summed E-state index contributed by atoms with van der Waals surface area (Å²) in [5, 5.41) is 3.22. The van der Waals surface area contributed by atoms with Crippen LogP contribution in [0.2, 0.25) is 0 Å². The van der Waals surface area contributed by atoms with Gasteiger partial charge in [-0.05, 0) is 31.0 Å². The van der Waals surface area contributed by atoms with E-state index in [0.29, 0.717) is 0 Å². The second-order valence-electron chi connectivity index (χ2n) is 7.33. The van der Waals surface area contributed by atoms with Crippen molar-refractivity contribution in [2.24, 2.45) is 0 Å². The molecule has 3 aromatic rings. The van der Waals surface area contributed by atoms with Crippen LogP contribution < -0.4 is 0 Å². The number of carbonyl (C=O) groups excluding carboxylic acids is 1. The predicted octanol–water partition coefficient (Wildman–Crippen LogP) is 4.38. The third-order valence-corrected chi connectivity index (χ3v) is 6.39. The highest BCUT2D eigenvalue weighted by molar-refractivity contribution is 7.13. The van der Waals surface area contributed by atoms with E-state index in [1.54, 1.807) is 11.3 Å². The average molecular weight is 392 g/mol. The van der Waals surface area contributed by atoms with Crippen molar-refractivity contribution < 1.29 is 4.79 Å². The van der Waals surface area contributed by atoms with Gasteiger partial charge in [0.2, 0.25) is 0 Å². The molecule has 5 heteroatoms. The molecule has 0 N–H and O–H groups in total. The van der Waals surface area contributed by atoms with E-state index in [4.69, 9.17) is 4.98 Å². The minimum Gasteiger partial charge on any atom is -0.336 e. The topological polar surface area (TPSA) is 36.4 Å². The van der Waals surface area contributed by atoms with Gasteiger partial charge in [-0.3, -0.25) is 9.69 Å². The molecule has 0 radical (unpaired) electrons. The van der Waals surface area contributed by atoms with Crippen molar-refractivity contribution in [2.75, 3.05) is 26.2 Å². The van der Waals surface area contributed by atoms with E-state index in [1.165, 1.54) is 11.1 Å². The molecule has 28 heavy (non-hydrogen) atoms. The van der Waals surface area contributed by atoms with Gasteiger partial charge in [-0.15, -0.1) is 11.3 Å². The van der Waals surface area contributed by atoms with Gasteiger partial charge in [0, 0.05) is 49.2 Å². The van der Waals surface area contributed by atoms with Crippen LogP contribution in [0.25, 0.3) is 10.6 Å². The Kier molecular flexibility index (Phi) is 5.55. The minimum atomic E-state index is 0.154. The zero-order valence-electron chi connectivity index (χ0n) is 16.4. The molecule has 0 aliphatic carbocycles. The Morgan fingerprint density at radius 3 is 2.50 bits per heavy atom. The number of amides is 1. The van der Waals surface area contributed by atoms with Crippen LogP contribution >= 0.6 is 11.3 Å². The van der Waals surface area contributed by atoms with Crippen LogP contribution in [0.3, 0.4) is 0 Å². The Labute approximate surface area is 170 Å². The van der Waals surface area contributed by atoms with Gasteiger partial charge < -0.3 is 4.90 Å². The molecule has 0 atom stereocenters. The largest absolute Gasteiger partial charge is 0.336 e. The molecule has 1 amide bonds. The second kappa shape index (κ2) is 8.25. The summed E-state index contributed by atoms with van der Waals surface area (Å²) in [6.07, 6.45) is 0. The number of nitrogens with zero attached hydrogens (tertiary/aromatic N) is 3. The zero-order chi connectivity index (χ0) is 19.5. The maximum atomic E-state index is 12.9. The number of benzene rings is 2. The molecule has 4 nitrogen and oxygen atoms in total. The molecule has 0 bridgehead atoms. The van der Waals surface area contributed by atoms with Gasteiger partial charge in [-0.1, -0.05) is 42.5 Å². The maximum absolute atomic E-state index is 12.9. The van der Waals surface area contributed by atoms with E-state index in [0.717, 1.165) is 54.6 Å². The molecular formula is C23H25N3OS. The summed E-state index contributed by atoms with van der Waals surface area (Å²) in [4.78, 5) is 22.1. The van der Waals surface area contributed by atoms with Gasteiger partial charge >= 0.3 is 0 Å². The Hall–Kier alpha value is -2.50. The Balaban J connectivity index is 1.35. The number of thiazole rings is 1. The number of aromatic nitrogens is 1. The highest BCUT2D eigenvalue weighted by atomic mass is 32.1. The molecule has 0 unspecified atom stereocenters. The highest BCUT2D eigenvalue weighted by Gasteiger charge is 2.23. The first-order valence-corrected chi connectivity index (χ1v) is 10.6. The van der Waals surface area contributed by atoms with E-state index in [1.807, 2.05) is 42.2 Å². The van der Waals surface area contributed by atoms with Gasteiger partial charge in [0.25, 0.3) is 5.91 Å². The summed E-state index contributed by atoms with van der Waals surface area (Å²) in [5.74, 6) is 0.154. The smallest absolute Gasteiger partial charge is 0.254 e. The molecule has 1 saturated heterocycles. The van der Waals surface area contributed by atoms with Gasteiger partial charge in [-0.2, -0.15) is 0 Å². The summed E-state index contributed by atoms with van der Waals surface area (Å²) < 4.78 is 0. The molecule has 2 aromatic carbocycles. The van der Waals surface area contributed by atoms with Crippen LogP contribution in [0.15, 0.2) is 53.9 Å². The first-order valence-electron chi connectivity index (χ1n) is 9.69. The molecule has 1 aliphatic heterocycles. The Morgan fingerprint density at radius 2 is 1.75 bits per heavy atom. The molecule has 4 rings (SSSR count). The highest BCUT2D eigenvalue weighted by Crippen LogP contribution is 2.24. The van der Waals surface area contributed by atoms with Crippen molar-refractivity contribution in [3.63, 3.8) is 0 Å². The van der Waals surface area contributed by atoms with E-state index in [9.17, 15) is 4.79 Å². The standard InChI is InChI=1S/C23H25N3OS/c1-17-7-6-10-21(18(17)2)23(27)26-13-11-25(12-14-26)15-20-16-28-22(24-20)19-8-4-3-5-9-19/h3-10,16H,11-15H2,1-2H3. The number of hydrogen-bond acceptors (Lipinski definition) is 4. The molecule has 1 aliphatic rings. The maximum Gasteiger partial charge on any atom is 0.254 e. The first kappa shape index (κ1) is 18.8. The summed E-state index contributed by atoms with van der Waals surface area (Å²) in [6, 6.07) is 16.3. The number of hydrogen-bond donors (Lipinski definition) is 0. The van der Waals surface area contributed by atoms with Gasteiger partial charge in [0.15, 0.2) is 0 Å².